The van der Waals surface area contributed by atoms with E-state index >= 15 is 0 Å². The number of hydrogen-bond donors (Lipinski definition) is 2. The van der Waals surface area contributed by atoms with Gasteiger partial charge in [0.15, 0.2) is 0 Å². The molecule has 8 heteroatoms. The van der Waals surface area contributed by atoms with E-state index < -0.39 is 10.0 Å². The predicted octanol–water partition coefficient (Wildman–Crippen LogP) is 2.36. The highest BCUT2D eigenvalue weighted by Crippen LogP contribution is 2.15. The van der Waals surface area contributed by atoms with E-state index in [2.05, 4.69) is 29.3 Å². The molecule has 0 heterocycles. The van der Waals surface area contributed by atoms with Crippen molar-refractivity contribution in [2.75, 3.05) is 26.7 Å². The number of benzene rings is 2. The highest BCUT2D eigenvalue weighted by atomic mass is 32.2. The normalized spacial score (nSPS) is 11.2. The zero-order valence-electron chi connectivity index (χ0n) is 17.7. The van der Waals surface area contributed by atoms with Gasteiger partial charge in [0.25, 0.3) is 5.91 Å². The molecule has 31 heavy (non-hydrogen) atoms. The Morgan fingerprint density at radius 3 is 2.26 bits per heavy atom. The van der Waals surface area contributed by atoms with Gasteiger partial charge in [-0.3, -0.25) is 9.59 Å². The summed E-state index contributed by atoms with van der Waals surface area (Å²) in [6.07, 6.45) is 3.34. The van der Waals surface area contributed by atoms with Crippen LogP contribution in [0.2, 0.25) is 0 Å². The molecule has 0 spiro atoms. The van der Waals surface area contributed by atoms with Gasteiger partial charge in [0.2, 0.25) is 15.9 Å². The Bertz CT molecular complexity index is 974. The summed E-state index contributed by atoms with van der Waals surface area (Å²) >= 11 is 0. The average Bonchev–Trinajstić information content (AvgIpc) is 2.79. The van der Waals surface area contributed by atoms with Gasteiger partial charge in [0.05, 0.1) is 4.90 Å². The lowest BCUT2D eigenvalue weighted by Gasteiger charge is -2.17. The van der Waals surface area contributed by atoms with Crippen LogP contribution in [0.15, 0.2) is 72.1 Å². The van der Waals surface area contributed by atoms with Crippen molar-refractivity contribution in [3.05, 3.63) is 78.4 Å². The van der Waals surface area contributed by atoms with Crippen LogP contribution in [0.4, 0.5) is 0 Å². The summed E-state index contributed by atoms with van der Waals surface area (Å²) in [6, 6.07) is 15.9. The molecule has 0 unspecified atom stereocenters. The van der Waals surface area contributed by atoms with Crippen LogP contribution in [0.1, 0.15) is 28.8 Å². The minimum absolute atomic E-state index is 0.116. The van der Waals surface area contributed by atoms with Crippen molar-refractivity contribution >= 4 is 21.8 Å². The number of rotatable bonds is 12. The first kappa shape index (κ1) is 24.3. The van der Waals surface area contributed by atoms with Crippen LogP contribution in [-0.2, 0) is 21.2 Å². The molecule has 166 valence electrons. The summed E-state index contributed by atoms with van der Waals surface area (Å²) in [5.74, 6) is -0.525. The summed E-state index contributed by atoms with van der Waals surface area (Å²) < 4.78 is 26.6. The molecule has 0 aliphatic heterocycles. The monoisotopic (exact) mass is 443 g/mol. The van der Waals surface area contributed by atoms with Gasteiger partial charge in [-0.05, 0) is 55.2 Å². The van der Waals surface area contributed by atoms with E-state index in [1.165, 1.54) is 47.3 Å². The Morgan fingerprint density at radius 2 is 1.61 bits per heavy atom. The molecule has 2 aromatic rings. The Kier molecular flexibility index (Phi) is 9.42. The molecule has 2 N–H and O–H groups in total. The quantitative estimate of drug-likeness (QED) is 0.389. The molecular formula is C23H29N3O4S. The second-order valence-electron chi connectivity index (χ2n) is 7.04. The van der Waals surface area contributed by atoms with Crippen LogP contribution in [0.3, 0.4) is 0 Å². The van der Waals surface area contributed by atoms with Gasteiger partial charge in [0, 0.05) is 32.2 Å². The van der Waals surface area contributed by atoms with Crippen LogP contribution < -0.4 is 10.6 Å². The average molecular weight is 444 g/mol. The van der Waals surface area contributed by atoms with Crippen LogP contribution in [0.5, 0.6) is 0 Å². The number of aryl methyl sites for hydroxylation is 1. The van der Waals surface area contributed by atoms with E-state index in [4.69, 9.17) is 0 Å². The number of nitrogens with one attached hydrogen (secondary N) is 2. The molecule has 0 fully saturated rings. The molecule has 2 rings (SSSR count). The lowest BCUT2D eigenvalue weighted by Crippen LogP contribution is -2.31. The van der Waals surface area contributed by atoms with E-state index in [1.807, 2.05) is 18.2 Å². The molecule has 2 amide bonds. The van der Waals surface area contributed by atoms with E-state index in [1.54, 1.807) is 0 Å². The van der Waals surface area contributed by atoms with Crippen LogP contribution >= 0.6 is 0 Å². The standard InChI is InChI=1S/C23H29N3O4S/c1-3-22(27)24-17-8-18-26(2)31(29,30)21-14-12-20(13-15-21)23(28)25-16-7-11-19-9-5-4-6-10-19/h3-6,9-10,12-15H,1,7-8,11,16-18H2,2H3,(H,24,27)(H,25,28). The molecule has 2 aromatic carbocycles. The number of carbonyl (C=O) groups excluding carboxylic acids is 2. The summed E-state index contributed by atoms with van der Waals surface area (Å²) in [5.41, 5.74) is 1.63. The third-order valence-corrected chi connectivity index (χ3v) is 6.60. The van der Waals surface area contributed by atoms with Crippen molar-refractivity contribution in [1.29, 1.82) is 0 Å². The summed E-state index contributed by atoms with van der Waals surface area (Å²) in [7, 11) is -2.19. The van der Waals surface area contributed by atoms with Gasteiger partial charge in [-0.25, -0.2) is 12.7 Å². The Hall–Kier alpha value is -2.97. The Labute approximate surface area is 184 Å². The fraction of sp³-hybridized carbons (Fsp3) is 0.304. The SMILES string of the molecule is C=CC(=O)NCCCN(C)S(=O)(=O)c1ccc(C(=O)NCCCc2ccccc2)cc1. The molecule has 0 saturated heterocycles. The molecule has 0 aliphatic carbocycles. The highest BCUT2D eigenvalue weighted by Gasteiger charge is 2.20. The maximum Gasteiger partial charge on any atom is 0.251 e. The van der Waals surface area contributed by atoms with Crippen molar-refractivity contribution in [3.63, 3.8) is 0 Å². The van der Waals surface area contributed by atoms with Crippen LogP contribution in [0, 0.1) is 0 Å². The number of carbonyl (C=O) groups is 2. The van der Waals surface area contributed by atoms with E-state index in [0.29, 0.717) is 25.1 Å². The Balaban J connectivity index is 1.82. The second-order valence-corrected chi connectivity index (χ2v) is 9.09. The maximum absolute atomic E-state index is 12.7. The van der Waals surface area contributed by atoms with Crippen molar-refractivity contribution < 1.29 is 18.0 Å². The van der Waals surface area contributed by atoms with E-state index in [-0.39, 0.29) is 23.3 Å². The summed E-state index contributed by atoms with van der Waals surface area (Å²) in [5, 5.41) is 5.46. The third-order valence-electron chi connectivity index (χ3n) is 4.73. The maximum atomic E-state index is 12.7. The lowest BCUT2D eigenvalue weighted by atomic mass is 10.1. The van der Waals surface area contributed by atoms with Crippen molar-refractivity contribution in [1.82, 2.24) is 14.9 Å². The first-order chi connectivity index (χ1) is 14.8. The van der Waals surface area contributed by atoms with Crippen molar-refractivity contribution in [3.8, 4) is 0 Å². The lowest BCUT2D eigenvalue weighted by molar-refractivity contribution is -0.116. The molecule has 0 bridgehead atoms. The van der Waals surface area contributed by atoms with Gasteiger partial charge in [-0.15, -0.1) is 0 Å². The molecule has 0 saturated carbocycles. The zero-order valence-corrected chi connectivity index (χ0v) is 18.5. The fourth-order valence-electron chi connectivity index (χ4n) is 2.91. The minimum Gasteiger partial charge on any atom is -0.353 e. The zero-order chi connectivity index (χ0) is 22.7. The number of amides is 2. The van der Waals surface area contributed by atoms with Crippen LogP contribution in [-0.4, -0.2) is 51.2 Å². The molecular weight excluding hydrogens is 414 g/mol. The predicted molar refractivity (Wildman–Crippen MR) is 121 cm³/mol. The Morgan fingerprint density at radius 1 is 0.968 bits per heavy atom. The third kappa shape index (κ3) is 7.66. The van der Waals surface area contributed by atoms with E-state index in [0.717, 1.165) is 12.8 Å². The smallest absolute Gasteiger partial charge is 0.251 e. The minimum atomic E-state index is -3.67. The van der Waals surface area contributed by atoms with E-state index in [9.17, 15) is 18.0 Å². The number of nitrogens with zero attached hydrogens (tertiary/aromatic N) is 1. The summed E-state index contributed by atoms with van der Waals surface area (Å²) in [6.45, 7) is 4.51. The molecule has 0 aromatic heterocycles. The number of hydrogen-bond acceptors (Lipinski definition) is 4. The first-order valence-electron chi connectivity index (χ1n) is 10.1. The largest absolute Gasteiger partial charge is 0.353 e. The number of sulfonamides is 1. The molecule has 0 atom stereocenters. The van der Waals surface area contributed by atoms with Gasteiger partial charge in [-0.2, -0.15) is 0 Å². The highest BCUT2D eigenvalue weighted by molar-refractivity contribution is 7.89. The first-order valence-corrected chi connectivity index (χ1v) is 11.6. The van der Waals surface area contributed by atoms with Gasteiger partial charge >= 0.3 is 0 Å². The fourth-order valence-corrected chi connectivity index (χ4v) is 4.11. The van der Waals surface area contributed by atoms with Crippen molar-refractivity contribution in [2.45, 2.75) is 24.2 Å². The second kappa shape index (κ2) is 12.0. The van der Waals surface area contributed by atoms with Gasteiger partial charge in [-0.1, -0.05) is 36.9 Å². The molecule has 0 radical (unpaired) electrons. The van der Waals surface area contributed by atoms with Crippen LogP contribution in [0.25, 0.3) is 0 Å². The molecule has 7 nitrogen and oxygen atoms in total. The summed E-state index contributed by atoms with van der Waals surface area (Å²) in [4.78, 5) is 23.5. The van der Waals surface area contributed by atoms with Gasteiger partial charge < -0.3 is 10.6 Å². The molecule has 0 aliphatic rings. The van der Waals surface area contributed by atoms with Gasteiger partial charge in [0.1, 0.15) is 0 Å². The topological polar surface area (TPSA) is 95.6 Å². The van der Waals surface area contributed by atoms with Crippen molar-refractivity contribution in [2.24, 2.45) is 0 Å².